The number of carbonyl (C=O) groups is 2. The highest BCUT2D eigenvalue weighted by atomic mass is 19.1. The number of nitrogens with zero attached hydrogens (tertiary/aromatic N) is 2. The maximum Gasteiger partial charge on any atom is 0.330 e. The summed E-state index contributed by atoms with van der Waals surface area (Å²) in [5.41, 5.74) is 5.91. The van der Waals surface area contributed by atoms with Crippen molar-refractivity contribution in [2.24, 2.45) is 17.6 Å². The second-order valence-electron chi connectivity index (χ2n) is 9.47. The number of fused-ring (bicyclic) bond motifs is 1. The third-order valence-corrected chi connectivity index (χ3v) is 6.06. The zero-order valence-corrected chi connectivity index (χ0v) is 19.6. The van der Waals surface area contributed by atoms with Crippen LogP contribution in [0.2, 0.25) is 0 Å². The first-order valence-corrected chi connectivity index (χ1v) is 11.6. The van der Waals surface area contributed by atoms with E-state index in [1.165, 1.54) is 16.7 Å². The summed E-state index contributed by atoms with van der Waals surface area (Å²) in [4.78, 5) is 57.5. The molecule has 4 rings (SSSR count). The van der Waals surface area contributed by atoms with Gasteiger partial charge in [0.05, 0.1) is 16.9 Å². The molecule has 2 heterocycles. The van der Waals surface area contributed by atoms with Crippen LogP contribution in [0, 0.1) is 17.7 Å². The number of benzene rings is 1. The molecule has 1 aliphatic carbocycles. The molecule has 1 saturated carbocycles. The van der Waals surface area contributed by atoms with Gasteiger partial charge in [-0.3, -0.25) is 23.9 Å². The minimum atomic E-state index is -0.738. The van der Waals surface area contributed by atoms with Gasteiger partial charge in [-0.05, 0) is 48.9 Å². The number of pyridine rings is 1. The number of rotatable bonds is 9. The SMILES string of the molecule is CC(C)Cn1c(=O)[nH]c(=O)c2c(C(=O)NCC(Cc3ccc(F)cc3)C(N)=O)cc(C3CC3)nc21. The van der Waals surface area contributed by atoms with Gasteiger partial charge >= 0.3 is 5.69 Å². The highest BCUT2D eigenvalue weighted by Crippen LogP contribution is 2.39. The van der Waals surface area contributed by atoms with Crippen LogP contribution in [0.1, 0.15) is 54.2 Å². The molecule has 1 aromatic carbocycles. The third-order valence-electron chi connectivity index (χ3n) is 6.06. The van der Waals surface area contributed by atoms with Crippen LogP contribution in [-0.4, -0.2) is 32.9 Å². The number of hydrogen-bond acceptors (Lipinski definition) is 5. The lowest BCUT2D eigenvalue weighted by Gasteiger charge is -2.17. The number of carbonyl (C=O) groups excluding carboxylic acids is 2. The summed E-state index contributed by atoms with van der Waals surface area (Å²) in [6.45, 7) is 4.13. The molecule has 3 aromatic rings. The number of primary amides is 1. The molecule has 0 saturated heterocycles. The molecule has 2 amide bonds. The van der Waals surface area contributed by atoms with Crippen LogP contribution < -0.4 is 22.3 Å². The summed E-state index contributed by atoms with van der Waals surface area (Å²) < 4.78 is 14.6. The summed E-state index contributed by atoms with van der Waals surface area (Å²) in [6, 6.07) is 7.28. The van der Waals surface area contributed by atoms with Crippen molar-refractivity contribution < 1.29 is 14.0 Å². The molecule has 4 N–H and O–H groups in total. The van der Waals surface area contributed by atoms with Crippen molar-refractivity contribution in [3.8, 4) is 0 Å². The van der Waals surface area contributed by atoms with E-state index in [2.05, 4.69) is 15.3 Å². The molecule has 35 heavy (non-hydrogen) atoms. The van der Waals surface area contributed by atoms with Crippen molar-refractivity contribution in [2.75, 3.05) is 6.54 Å². The van der Waals surface area contributed by atoms with Gasteiger partial charge in [-0.15, -0.1) is 0 Å². The fourth-order valence-corrected chi connectivity index (χ4v) is 4.08. The van der Waals surface area contributed by atoms with Crippen molar-refractivity contribution in [1.29, 1.82) is 0 Å². The number of nitrogens with two attached hydrogens (primary N) is 1. The van der Waals surface area contributed by atoms with Gasteiger partial charge in [-0.1, -0.05) is 26.0 Å². The molecular formula is C25H28FN5O4. The molecule has 2 aromatic heterocycles. The van der Waals surface area contributed by atoms with Crippen LogP contribution in [0.5, 0.6) is 0 Å². The van der Waals surface area contributed by atoms with Crippen molar-refractivity contribution in [2.45, 2.75) is 45.6 Å². The van der Waals surface area contributed by atoms with Crippen LogP contribution in [0.4, 0.5) is 4.39 Å². The highest BCUT2D eigenvalue weighted by Gasteiger charge is 2.29. The van der Waals surface area contributed by atoms with Gasteiger partial charge in [0.1, 0.15) is 5.82 Å². The Labute approximate surface area is 200 Å². The largest absolute Gasteiger partial charge is 0.369 e. The highest BCUT2D eigenvalue weighted by molar-refractivity contribution is 6.05. The first-order valence-electron chi connectivity index (χ1n) is 11.6. The van der Waals surface area contributed by atoms with Gasteiger partial charge in [-0.25, -0.2) is 14.2 Å². The fraction of sp³-hybridized carbons (Fsp3) is 0.400. The Bertz CT molecular complexity index is 1390. The van der Waals surface area contributed by atoms with E-state index in [0.717, 1.165) is 12.8 Å². The smallest absolute Gasteiger partial charge is 0.330 e. The van der Waals surface area contributed by atoms with Crippen LogP contribution >= 0.6 is 0 Å². The van der Waals surface area contributed by atoms with E-state index in [1.54, 1.807) is 18.2 Å². The average Bonchev–Trinajstić information content (AvgIpc) is 3.65. The van der Waals surface area contributed by atoms with Gasteiger partial charge in [-0.2, -0.15) is 0 Å². The van der Waals surface area contributed by atoms with Gasteiger partial charge in [0.2, 0.25) is 5.91 Å². The molecule has 1 fully saturated rings. The second-order valence-corrected chi connectivity index (χ2v) is 9.47. The zero-order valence-electron chi connectivity index (χ0n) is 19.6. The normalized spacial score (nSPS) is 14.3. The zero-order chi connectivity index (χ0) is 25.3. The number of H-pyrrole nitrogens is 1. The quantitative estimate of drug-likeness (QED) is 0.428. The number of nitrogens with one attached hydrogen (secondary N) is 2. The summed E-state index contributed by atoms with van der Waals surface area (Å²) in [7, 11) is 0. The van der Waals surface area contributed by atoms with Gasteiger partial charge in [0.25, 0.3) is 11.5 Å². The first kappa shape index (κ1) is 24.3. The van der Waals surface area contributed by atoms with E-state index in [1.807, 2.05) is 13.8 Å². The molecule has 0 radical (unpaired) electrons. The lowest BCUT2D eigenvalue weighted by Crippen LogP contribution is -2.38. The van der Waals surface area contributed by atoms with E-state index < -0.39 is 34.8 Å². The standard InChI is InChI=1S/C25H28FN5O4/c1-13(2)12-31-22-20(24(34)30-25(31)35)18(10-19(29-22)15-5-6-15)23(33)28-11-16(21(27)32)9-14-3-7-17(26)8-4-14/h3-4,7-8,10,13,15-16H,5-6,9,11-12H2,1-2H3,(H2,27,32)(H,28,33)(H,30,34,35). The third kappa shape index (κ3) is 5.47. The Morgan fingerprint density at radius 2 is 1.91 bits per heavy atom. The lowest BCUT2D eigenvalue weighted by atomic mass is 9.98. The Balaban J connectivity index is 1.68. The second kappa shape index (κ2) is 9.81. The van der Waals surface area contributed by atoms with Crippen molar-refractivity contribution in [1.82, 2.24) is 19.9 Å². The molecule has 1 aliphatic rings. The Hall–Kier alpha value is -3.82. The summed E-state index contributed by atoms with van der Waals surface area (Å²) in [6.07, 6.45) is 2.05. The number of aromatic nitrogens is 3. The summed E-state index contributed by atoms with van der Waals surface area (Å²) in [5, 5.41) is 2.74. The number of amides is 2. The fourth-order valence-electron chi connectivity index (χ4n) is 4.08. The minimum absolute atomic E-state index is 0.0290. The predicted molar refractivity (Wildman–Crippen MR) is 129 cm³/mol. The van der Waals surface area contributed by atoms with E-state index in [-0.39, 0.29) is 41.4 Å². The molecule has 0 aliphatic heterocycles. The molecular weight excluding hydrogens is 453 g/mol. The number of hydrogen-bond donors (Lipinski definition) is 3. The van der Waals surface area contributed by atoms with E-state index in [0.29, 0.717) is 17.8 Å². The Morgan fingerprint density at radius 3 is 2.51 bits per heavy atom. The Kier molecular flexibility index (Phi) is 6.81. The summed E-state index contributed by atoms with van der Waals surface area (Å²) >= 11 is 0. The molecule has 1 atom stereocenters. The van der Waals surface area contributed by atoms with Crippen LogP contribution in [0.3, 0.4) is 0 Å². The molecule has 9 nitrogen and oxygen atoms in total. The van der Waals surface area contributed by atoms with Crippen molar-refractivity contribution in [3.63, 3.8) is 0 Å². The molecule has 184 valence electrons. The van der Waals surface area contributed by atoms with Crippen LogP contribution in [0.25, 0.3) is 11.0 Å². The van der Waals surface area contributed by atoms with E-state index in [4.69, 9.17) is 5.73 Å². The minimum Gasteiger partial charge on any atom is -0.369 e. The van der Waals surface area contributed by atoms with Crippen molar-refractivity contribution in [3.05, 3.63) is 73.8 Å². The molecule has 0 bridgehead atoms. The van der Waals surface area contributed by atoms with Crippen LogP contribution in [0.15, 0.2) is 39.9 Å². The van der Waals surface area contributed by atoms with Gasteiger partial charge < -0.3 is 11.1 Å². The first-order chi connectivity index (χ1) is 16.6. The summed E-state index contributed by atoms with van der Waals surface area (Å²) in [5.74, 6) is -2.04. The van der Waals surface area contributed by atoms with Crippen LogP contribution in [-0.2, 0) is 17.8 Å². The predicted octanol–water partition coefficient (Wildman–Crippen LogP) is 1.83. The lowest BCUT2D eigenvalue weighted by molar-refractivity contribution is -0.121. The average molecular weight is 482 g/mol. The maximum atomic E-state index is 13.3. The number of halogens is 1. The van der Waals surface area contributed by atoms with Gasteiger partial charge in [0, 0.05) is 24.7 Å². The number of aromatic amines is 1. The molecule has 10 heteroatoms. The van der Waals surface area contributed by atoms with E-state index >= 15 is 0 Å². The van der Waals surface area contributed by atoms with E-state index in [9.17, 15) is 23.6 Å². The molecule has 1 unspecified atom stereocenters. The molecule has 0 spiro atoms. The van der Waals surface area contributed by atoms with Crippen molar-refractivity contribution >= 4 is 22.8 Å². The van der Waals surface area contributed by atoms with Gasteiger partial charge in [0.15, 0.2) is 5.65 Å². The maximum absolute atomic E-state index is 13.3. The Morgan fingerprint density at radius 1 is 1.23 bits per heavy atom. The topological polar surface area (TPSA) is 140 Å². The monoisotopic (exact) mass is 481 g/mol.